The van der Waals surface area contributed by atoms with E-state index in [4.69, 9.17) is 0 Å². The number of aromatic hydroxyl groups is 1. The summed E-state index contributed by atoms with van der Waals surface area (Å²) in [5, 5.41) is 24.9. The van der Waals surface area contributed by atoms with Crippen LogP contribution in [0.4, 0.5) is 4.79 Å². The quantitative estimate of drug-likeness (QED) is 0.449. The van der Waals surface area contributed by atoms with E-state index in [0.717, 1.165) is 35.1 Å². The maximum Gasteiger partial charge on any atom is 0.315 e. The van der Waals surface area contributed by atoms with Gasteiger partial charge in [0.25, 0.3) is 0 Å². The van der Waals surface area contributed by atoms with E-state index in [9.17, 15) is 15.0 Å². The standard InChI is InChI=1S/C25H28N2O3/c1-18(7-8-19-9-15-23(29)16-10-19)26-25(30)27-24(17-28)22-13-11-21(12-14-22)20-5-3-2-4-6-20/h2-6,9-16,18,24,28-29H,7-8,17H2,1H3,(H2,26,27,30). The zero-order valence-electron chi connectivity index (χ0n) is 17.1. The van der Waals surface area contributed by atoms with Gasteiger partial charge in [0.1, 0.15) is 5.75 Å². The van der Waals surface area contributed by atoms with Crippen LogP contribution in [0, 0.1) is 0 Å². The van der Waals surface area contributed by atoms with Gasteiger partial charge in [-0.05, 0) is 54.2 Å². The molecule has 0 fully saturated rings. The fraction of sp³-hybridized carbons (Fsp3) is 0.240. The lowest BCUT2D eigenvalue weighted by Gasteiger charge is -2.20. The number of hydrogen-bond acceptors (Lipinski definition) is 3. The van der Waals surface area contributed by atoms with Crippen LogP contribution in [-0.4, -0.2) is 28.9 Å². The smallest absolute Gasteiger partial charge is 0.315 e. The Bertz CT molecular complexity index is 925. The number of carbonyl (C=O) groups excluding carboxylic acids is 1. The minimum atomic E-state index is -0.473. The highest BCUT2D eigenvalue weighted by molar-refractivity contribution is 5.75. The van der Waals surface area contributed by atoms with E-state index < -0.39 is 6.04 Å². The summed E-state index contributed by atoms with van der Waals surface area (Å²) in [7, 11) is 0. The van der Waals surface area contributed by atoms with Crippen LogP contribution >= 0.6 is 0 Å². The highest BCUT2D eigenvalue weighted by Crippen LogP contribution is 2.22. The summed E-state index contributed by atoms with van der Waals surface area (Å²) < 4.78 is 0. The molecule has 0 spiro atoms. The largest absolute Gasteiger partial charge is 0.508 e. The molecule has 3 aromatic carbocycles. The minimum Gasteiger partial charge on any atom is -0.508 e. The van der Waals surface area contributed by atoms with E-state index in [1.54, 1.807) is 12.1 Å². The summed E-state index contributed by atoms with van der Waals surface area (Å²) in [6, 6.07) is 24.2. The van der Waals surface area contributed by atoms with Gasteiger partial charge in [0.2, 0.25) is 0 Å². The fourth-order valence-corrected chi connectivity index (χ4v) is 3.31. The van der Waals surface area contributed by atoms with Gasteiger partial charge in [-0.15, -0.1) is 0 Å². The van der Waals surface area contributed by atoms with Crippen LogP contribution in [0.3, 0.4) is 0 Å². The number of phenols is 1. The number of urea groups is 1. The average Bonchev–Trinajstić information content (AvgIpc) is 2.78. The number of benzene rings is 3. The molecule has 0 aliphatic rings. The Labute approximate surface area is 177 Å². The van der Waals surface area contributed by atoms with Crippen molar-refractivity contribution in [3.63, 3.8) is 0 Å². The second kappa shape index (κ2) is 10.5. The van der Waals surface area contributed by atoms with E-state index in [0.29, 0.717) is 0 Å². The molecular formula is C25H28N2O3. The number of aliphatic hydroxyl groups excluding tert-OH is 1. The highest BCUT2D eigenvalue weighted by Gasteiger charge is 2.15. The molecule has 5 nitrogen and oxygen atoms in total. The van der Waals surface area contributed by atoms with E-state index in [1.165, 1.54) is 0 Å². The highest BCUT2D eigenvalue weighted by atomic mass is 16.3. The maximum absolute atomic E-state index is 12.4. The summed E-state index contributed by atoms with van der Waals surface area (Å²) in [5.74, 6) is 0.246. The number of nitrogens with one attached hydrogen (secondary N) is 2. The number of carbonyl (C=O) groups is 1. The van der Waals surface area contributed by atoms with Gasteiger partial charge in [-0.2, -0.15) is 0 Å². The summed E-state index contributed by atoms with van der Waals surface area (Å²) in [4.78, 5) is 12.4. The van der Waals surface area contributed by atoms with Gasteiger partial charge >= 0.3 is 6.03 Å². The SMILES string of the molecule is CC(CCc1ccc(O)cc1)NC(=O)NC(CO)c1ccc(-c2ccccc2)cc1. The molecule has 30 heavy (non-hydrogen) atoms. The molecule has 0 radical (unpaired) electrons. The van der Waals surface area contributed by atoms with Crippen LogP contribution < -0.4 is 10.6 Å². The number of aryl methyl sites for hydroxylation is 1. The third-order valence-electron chi connectivity index (χ3n) is 5.09. The minimum absolute atomic E-state index is 0.0291. The molecule has 0 saturated heterocycles. The van der Waals surface area contributed by atoms with Crippen molar-refractivity contribution >= 4 is 6.03 Å². The van der Waals surface area contributed by atoms with Crippen molar-refractivity contribution in [3.05, 3.63) is 90.0 Å². The summed E-state index contributed by atoms with van der Waals surface area (Å²) >= 11 is 0. The molecule has 0 heterocycles. The molecule has 0 aliphatic carbocycles. The van der Waals surface area contributed by atoms with Crippen molar-refractivity contribution in [2.24, 2.45) is 0 Å². The first-order valence-corrected chi connectivity index (χ1v) is 10.2. The zero-order valence-corrected chi connectivity index (χ0v) is 17.1. The molecule has 2 unspecified atom stereocenters. The Balaban J connectivity index is 1.51. The molecule has 0 aromatic heterocycles. The van der Waals surface area contributed by atoms with E-state index >= 15 is 0 Å². The lowest BCUT2D eigenvalue weighted by atomic mass is 10.0. The number of rotatable bonds is 8. The van der Waals surface area contributed by atoms with Gasteiger partial charge < -0.3 is 20.8 Å². The third kappa shape index (κ3) is 6.09. The Morgan fingerprint density at radius 1 is 0.867 bits per heavy atom. The molecule has 4 N–H and O–H groups in total. The number of hydrogen-bond donors (Lipinski definition) is 4. The molecule has 0 saturated carbocycles. The van der Waals surface area contributed by atoms with Gasteiger partial charge in [-0.3, -0.25) is 0 Å². The molecule has 156 valence electrons. The summed E-state index contributed by atoms with van der Waals surface area (Å²) in [5.41, 5.74) is 4.17. The first-order chi connectivity index (χ1) is 14.5. The third-order valence-corrected chi connectivity index (χ3v) is 5.09. The van der Waals surface area contributed by atoms with Gasteiger partial charge in [-0.1, -0.05) is 66.7 Å². The van der Waals surface area contributed by atoms with Crippen molar-refractivity contribution < 1.29 is 15.0 Å². The van der Waals surface area contributed by atoms with Crippen LogP contribution in [0.2, 0.25) is 0 Å². The first-order valence-electron chi connectivity index (χ1n) is 10.2. The van der Waals surface area contributed by atoms with Gasteiger partial charge in [0.05, 0.1) is 12.6 Å². The summed E-state index contributed by atoms with van der Waals surface area (Å²) in [6.07, 6.45) is 1.57. The number of phenolic OH excluding ortho intramolecular Hbond substituents is 1. The van der Waals surface area contributed by atoms with Crippen molar-refractivity contribution in [2.45, 2.75) is 31.8 Å². The predicted octanol–water partition coefficient (Wildman–Crippen LogP) is 4.41. The lowest BCUT2D eigenvalue weighted by molar-refractivity contribution is 0.214. The van der Waals surface area contributed by atoms with Gasteiger partial charge in [0, 0.05) is 6.04 Å². The molecule has 3 aromatic rings. The second-order valence-electron chi connectivity index (χ2n) is 7.45. The van der Waals surface area contributed by atoms with Crippen LogP contribution in [0.5, 0.6) is 5.75 Å². The Hall–Kier alpha value is -3.31. The first kappa shape index (κ1) is 21.4. The Morgan fingerprint density at radius 3 is 2.13 bits per heavy atom. The molecule has 2 amide bonds. The molecule has 5 heteroatoms. The predicted molar refractivity (Wildman–Crippen MR) is 119 cm³/mol. The number of amides is 2. The van der Waals surface area contributed by atoms with E-state index in [1.807, 2.05) is 73.7 Å². The summed E-state index contributed by atoms with van der Waals surface area (Å²) in [6.45, 7) is 1.77. The van der Waals surface area contributed by atoms with Crippen LogP contribution in [0.1, 0.15) is 30.5 Å². The zero-order chi connectivity index (χ0) is 21.3. The Kier molecular flexibility index (Phi) is 7.46. The normalized spacial score (nSPS) is 12.7. The van der Waals surface area contributed by atoms with Crippen LogP contribution in [0.15, 0.2) is 78.9 Å². The molecule has 0 bridgehead atoms. The molecule has 3 rings (SSSR count). The lowest BCUT2D eigenvalue weighted by Crippen LogP contribution is -2.43. The molecule has 2 atom stereocenters. The molecule has 0 aliphatic heterocycles. The topological polar surface area (TPSA) is 81.6 Å². The van der Waals surface area contributed by atoms with E-state index in [2.05, 4.69) is 10.6 Å². The van der Waals surface area contributed by atoms with Gasteiger partial charge in [-0.25, -0.2) is 4.79 Å². The fourth-order valence-electron chi connectivity index (χ4n) is 3.31. The monoisotopic (exact) mass is 404 g/mol. The van der Waals surface area contributed by atoms with Crippen molar-refractivity contribution in [1.29, 1.82) is 0 Å². The maximum atomic E-state index is 12.4. The van der Waals surface area contributed by atoms with Crippen molar-refractivity contribution in [3.8, 4) is 16.9 Å². The molecular weight excluding hydrogens is 376 g/mol. The van der Waals surface area contributed by atoms with Crippen molar-refractivity contribution in [1.82, 2.24) is 10.6 Å². The van der Waals surface area contributed by atoms with Crippen LogP contribution in [0.25, 0.3) is 11.1 Å². The van der Waals surface area contributed by atoms with Crippen molar-refractivity contribution in [2.75, 3.05) is 6.61 Å². The average molecular weight is 405 g/mol. The second-order valence-corrected chi connectivity index (χ2v) is 7.45. The number of aliphatic hydroxyl groups is 1. The Morgan fingerprint density at radius 2 is 1.50 bits per heavy atom. The van der Waals surface area contributed by atoms with E-state index in [-0.39, 0.29) is 24.4 Å². The van der Waals surface area contributed by atoms with Crippen LogP contribution in [-0.2, 0) is 6.42 Å². The van der Waals surface area contributed by atoms with Gasteiger partial charge in [0.15, 0.2) is 0 Å².